The molecule has 0 aliphatic heterocycles. The lowest BCUT2D eigenvalue weighted by molar-refractivity contribution is 0.104. The first-order valence-electron chi connectivity index (χ1n) is 7.98. The SMILES string of the molecule is O=C(OCC1c2ccccc2-c2ccccc21)N(CCCl)CCCl. The van der Waals surface area contributed by atoms with Crippen LogP contribution in [0.25, 0.3) is 11.1 Å². The van der Waals surface area contributed by atoms with Gasteiger partial charge in [0.15, 0.2) is 0 Å². The van der Waals surface area contributed by atoms with Gasteiger partial charge in [-0.05, 0) is 22.3 Å². The molecule has 0 saturated heterocycles. The second kappa shape index (κ2) is 7.91. The van der Waals surface area contributed by atoms with Crippen LogP contribution in [0.3, 0.4) is 0 Å². The van der Waals surface area contributed by atoms with Gasteiger partial charge in [0, 0.05) is 30.8 Å². The molecule has 0 fully saturated rings. The molecule has 0 bridgehead atoms. The maximum atomic E-state index is 12.3. The van der Waals surface area contributed by atoms with Crippen LogP contribution in [-0.2, 0) is 4.74 Å². The van der Waals surface area contributed by atoms with Gasteiger partial charge < -0.3 is 9.64 Å². The zero-order valence-electron chi connectivity index (χ0n) is 13.3. The van der Waals surface area contributed by atoms with Gasteiger partial charge in [-0.2, -0.15) is 0 Å². The van der Waals surface area contributed by atoms with E-state index >= 15 is 0 Å². The molecule has 2 aromatic carbocycles. The molecular formula is C19H19Cl2NO2. The van der Waals surface area contributed by atoms with E-state index < -0.39 is 0 Å². The van der Waals surface area contributed by atoms with Crippen molar-refractivity contribution >= 4 is 29.3 Å². The maximum Gasteiger partial charge on any atom is 0.409 e. The van der Waals surface area contributed by atoms with Crippen molar-refractivity contribution in [2.24, 2.45) is 0 Å². The fourth-order valence-corrected chi connectivity index (χ4v) is 3.59. The lowest BCUT2D eigenvalue weighted by Gasteiger charge is -2.22. The topological polar surface area (TPSA) is 29.5 Å². The number of carbonyl (C=O) groups excluding carboxylic acids is 1. The monoisotopic (exact) mass is 363 g/mol. The third-order valence-electron chi connectivity index (χ3n) is 4.30. The van der Waals surface area contributed by atoms with Crippen LogP contribution in [0.1, 0.15) is 17.0 Å². The van der Waals surface area contributed by atoms with Gasteiger partial charge in [0.25, 0.3) is 0 Å². The number of rotatable bonds is 6. The van der Waals surface area contributed by atoms with E-state index in [0.29, 0.717) is 31.5 Å². The Hall–Kier alpha value is -1.71. The molecule has 0 heterocycles. The lowest BCUT2D eigenvalue weighted by atomic mass is 9.98. The fourth-order valence-electron chi connectivity index (χ4n) is 3.18. The highest BCUT2D eigenvalue weighted by atomic mass is 35.5. The number of nitrogens with zero attached hydrogens (tertiary/aromatic N) is 1. The van der Waals surface area contributed by atoms with E-state index in [2.05, 4.69) is 24.3 Å². The first-order valence-corrected chi connectivity index (χ1v) is 9.05. The molecule has 24 heavy (non-hydrogen) atoms. The molecule has 0 spiro atoms. The number of amides is 1. The van der Waals surface area contributed by atoms with E-state index in [4.69, 9.17) is 27.9 Å². The van der Waals surface area contributed by atoms with Gasteiger partial charge in [-0.3, -0.25) is 0 Å². The van der Waals surface area contributed by atoms with Crippen molar-refractivity contribution in [3.8, 4) is 11.1 Å². The summed E-state index contributed by atoms with van der Waals surface area (Å²) in [6.07, 6.45) is -0.363. The minimum absolute atomic E-state index is 0.0650. The van der Waals surface area contributed by atoms with Crippen molar-refractivity contribution in [2.45, 2.75) is 5.92 Å². The summed E-state index contributed by atoms with van der Waals surface area (Å²) in [4.78, 5) is 13.8. The number of hydrogen-bond acceptors (Lipinski definition) is 2. The van der Waals surface area contributed by atoms with Crippen molar-refractivity contribution in [3.63, 3.8) is 0 Å². The van der Waals surface area contributed by atoms with Crippen molar-refractivity contribution in [1.82, 2.24) is 4.90 Å². The van der Waals surface area contributed by atoms with Gasteiger partial charge in [-0.15, -0.1) is 23.2 Å². The van der Waals surface area contributed by atoms with Gasteiger partial charge >= 0.3 is 6.09 Å². The number of ether oxygens (including phenoxy) is 1. The van der Waals surface area contributed by atoms with E-state index in [1.54, 1.807) is 4.90 Å². The van der Waals surface area contributed by atoms with Crippen LogP contribution >= 0.6 is 23.2 Å². The largest absolute Gasteiger partial charge is 0.448 e. The summed E-state index contributed by atoms with van der Waals surface area (Å²) in [6, 6.07) is 16.5. The standard InChI is InChI=1S/C19H19Cl2NO2/c20-9-11-22(12-10-21)19(23)24-13-18-16-7-3-1-5-14(16)15-6-2-4-8-17(15)18/h1-8,18H,9-13H2. The molecular weight excluding hydrogens is 345 g/mol. The molecule has 0 N–H and O–H groups in total. The molecule has 1 aliphatic rings. The average molecular weight is 364 g/mol. The summed E-state index contributed by atoms with van der Waals surface area (Å²) < 4.78 is 5.58. The zero-order valence-corrected chi connectivity index (χ0v) is 14.8. The Morgan fingerprint density at radius 2 is 1.42 bits per heavy atom. The second-order valence-corrected chi connectivity index (χ2v) is 6.42. The molecule has 5 heteroatoms. The number of halogens is 2. The number of fused-ring (bicyclic) bond motifs is 3. The summed E-state index contributed by atoms with van der Waals surface area (Å²) in [5.41, 5.74) is 4.83. The van der Waals surface area contributed by atoms with E-state index in [9.17, 15) is 4.79 Å². The molecule has 0 atom stereocenters. The van der Waals surface area contributed by atoms with Crippen LogP contribution in [-0.4, -0.2) is 42.4 Å². The number of alkyl halides is 2. The first kappa shape index (κ1) is 17.1. The van der Waals surface area contributed by atoms with Gasteiger partial charge in [-0.25, -0.2) is 4.79 Å². The van der Waals surface area contributed by atoms with Crippen LogP contribution < -0.4 is 0 Å². The smallest absolute Gasteiger partial charge is 0.409 e. The minimum Gasteiger partial charge on any atom is -0.448 e. The zero-order chi connectivity index (χ0) is 16.9. The molecule has 126 valence electrons. The summed E-state index contributed by atoms with van der Waals surface area (Å²) in [5.74, 6) is 0.789. The van der Waals surface area contributed by atoms with Gasteiger partial charge in [0.2, 0.25) is 0 Å². The van der Waals surface area contributed by atoms with E-state index in [-0.39, 0.29) is 12.0 Å². The van der Waals surface area contributed by atoms with Crippen LogP contribution in [0.5, 0.6) is 0 Å². The maximum absolute atomic E-state index is 12.3. The molecule has 2 aromatic rings. The van der Waals surface area contributed by atoms with Gasteiger partial charge in [0.1, 0.15) is 6.61 Å². The number of carbonyl (C=O) groups is 1. The minimum atomic E-state index is -0.363. The van der Waals surface area contributed by atoms with E-state index in [1.165, 1.54) is 22.3 Å². The van der Waals surface area contributed by atoms with Crippen LogP contribution in [0, 0.1) is 0 Å². The summed E-state index contributed by atoms with van der Waals surface area (Å²) >= 11 is 11.5. The molecule has 1 aliphatic carbocycles. The predicted molar refractivity (Wildman–Crippen MR) is 98.1 cm³/mol. The predicted octanol–water partition coefficient (Wildman–Crippen LogP) is 4.72. The number of hydrogen-bond donors (Lipinski definition) is 0. The van der Waals surface area contributed by atoms with Crippen LogP contribution in [0.4, 0.5) is 4.79 Å². The Kier molecular flexibility index (Phi) is 5.64. The van der Waals surface area contributed by atoms with Crippen molar-refractivity contribution < 1.29 is 9.53 Å². The fraction of sp³-hybridized carbons (Fsp3) is 0.316. The normalized spacial score (nSPS) is 12.6. The summed E-state index contributed by atoms with van der Waals surface area (Å²) in [6.45, 7) is 1.18. The van der Waals surface area contributed by atoms with Crippen LogP contribution in [0.15, 0.2) is 48.5 Å². The Bertz CT molecular complexity index is 669. The van der Waals surface area contributed by atoms with Crippen molar-refractivity contribution in [1.29, 1.82) is 0 Å². The van der Waals surface area contributed by atoms with E-state index in [0.717, 1.165) is 0 Å². The van der Waals surface area contributed by atoms with Gasteiger partial charge in [0.05, 0.1) is 0 Å². The summed E-state index contributed by atoms with van der Waals surface area (Å²) in [7, 11) is 0. The van der Waals surface area contributed by atoms with Gasteiger partial charge in [-0.1, -0.05) is 48.5 Å². The molecule has 1 amide bonds. The third-order valence-corrected chi connectivity index (χ3v) is 4.64. The highest BCUT2D eigenvalue weighted by Gasteiger charge is 2.29. The Balaban J connectivity index is 1.77. The molecule has 0 saturated carbocycles. The molecule has 0 radical (unpaired) electrons. The van der Waals surface area contributed by atoms with Crippen molar-refractivity contribution in [3.05, 3.63) is 59.7 Å². The average Bonchev–Trinajstić information content (AvgIpc) is 2.93. The Morgan fingerprint density at radius 1 is 0.917 bits per heavy atom. The summed E-state index contributed by atoms with van der Waals surface area (Å²) in [5, 5.41) is 0. The first-order chi connectivity index (χ1) is 11.8. The molecule has 3 rings (SSSR count). The number of benzene rings is 2. The lowest BCUT2D eigenvalue weighted by Crippen LogP contribution is -2.35. The van der Waals surface area contributed by atoms with E-state index in [1.807, 2.05) is 24.3 Å². The highest BCUT2D eigenvalue weighted by Crippen LogP contribution is 2.44. The molecule has 0 unspecified atom stereocenters. The van der Waals surface area contributed by atoms with Crippen LogP contribution in [0.2, 0.25) is 0 Å². The highest BCUT2D eigenvalue weighted by molar-refractivity contribution is 6.18. The Morgan fingerprint density at radius 3 is 1.92 bits per heavy atom. The van der Waals surface area contributed by atoms with Crippen molar-refractivity contribution in [2.75, 3.05) is 31.5 Å². The quantitative estimate of drug-likeness (QED) is 0.695. The third kappa shape index (κ3) is 3.38. The molecule has 0 aromatic heterocycles. The second-order valence-electron chi connectivity index (χ2n) is 5.67. The molecule has 3 nitrogen and oxygen atoms in total. The Labute approximate surface area is 152 Å².